The zero-order valence-corrected chi connectivity index (χ0v) is 15.0. The second kappa shape index (κ2) is 7.68. The normalized spacial score (nSPS) is 19.1. The maximum atomic E-state index is 13.8. The minimum atomic E-state index is -3.90. The van der Waals surface area contributed by atoms with E-state index < -0.39 is 27.8 Å². The molecule has 0 unspecified atom stereocenters. The van der Waals surface area contributed by atoms with Gasteiger partial charge in [-0.1, -0.05) is 12.1 Å². The van der Waals surface area contributed by atoms with Gasteiger partial charge in [-0.25, -0.2) is 17.6 Å². The molecule has 1 heterocycles. The first-order chi connectivity index (χ1) is 12.4. The van der Waals surface area contributed by atoms with E-state index in [4.69, 9.17) is 0 Å². The lowest BCUT2D eigenvalue weighted by Gasteiger charge is -2.33. The van der Waals surface area contributed by atoms with Gasteiger partial charge in [-0.2, -0.15) is 4.31 Å². The number of nitrogens with one attached hydrogen (secondary N) is 2. The molecule has 1 aliphatic heterocycles. The average Bonchev–Trinajstić information content (AvgIpc) is 3.39. The van der Waals surface area contributed by atoms with E-state index in [1.807, 2.05) is 0 Å². The molecule has 26 heavy (non-hydrogen) atoms. The van der Waals surface area contributed by atoms with Crippen molar-refractivity contribution >= 4 is 22.0 Å². The monoisotopic (exact) mass is 384 g/mol. The third-order valence-electron chi connectivity index (χ3n) is 4.32. The van der Waals surface area contributed by atoms with E-state index in [2.05, 4.69) is 10.6 Å². The minimum absolute atomic E-state index is 0.00563. The Hall–Kier alpha value is -2.04. The first-order valence-corrected chi connectivity index (χ1v) is 9.87. The van der Waals surface area contributed by atoms with Gasteiger partial charge in [0.25, 0.3) is 0 Å². The quantitative estimate of drug-likeness (QED) is 0.751. The zero-order chi connectivity index (χ0) is 18.7. The first kappa shape index (κ1) is 18.7. The summed E-state index contributed by atoms with van der Waals surface area (Å²) in [4.78, 5) is 24.8. The number of hydrogen-bond donors (Lipinski definition) is 2. The summed E-state index contributed by atoms with van der Waals surface area (Å²) in [6.07, 6.45) is 1.86. The molecule has 1 aromatic carbocycles. The van der Waals surface area contributed by atoms with Crippen molar-refractivity contribution in [3.63, 3.8) is 0 Å². The molecule has 0 radical (unpaired) electrons. The molecule has 1 saturated heterocycles. The van der Waals surface area contributed by atoms with E-state index in [0.717, 1.165) is 18.9 Å². The molecule has 2 N–H and O–H groups in total. The fourth-order valence-electron chi connectivity index (χ4n) is 2.74. The van der Waals surface area contributed by atoms with Crippen LogP contribution >= 0.6 is 0 Å². The molecule has 0 aromatic heterocycles. The molecule has 0 bridgehead atoms. The molecule has 142 valence electrons. The van der Waals surface area contributed by atoms with E-state index in [-0.39, 0.29) is 30.6 Å². The van der Waals surface area contributed by atoms with Gasteiger partial charge in [-0.05, 0) is 25.0 Å². The van der Waals surface area contributed by atoms with Gasteiger partial charge in [-0.15, -0.1) is 0 Å². The van der Waals surface area contributed by atoms with Crippen molar-refractivity contribution in [2.24, 2.45) is 0 Å². The predicted octanol–water partition coefficient (Wildman–Crippen LogP) is 0.120. The number of nitrogens with zero attached hydrogens (tertiary/aromatic N) is 2. The molecular formula is C16H21FN4O4S. The number of rotatable bonds is 5. The van der Waals surface area contributed by atoms with Crippen molar-refractivity contribution < 1.29 is 22.4 Å². The Bertz CT molecular complexity index is 789. The van der Waals surface area contributed by atoms with Gasteiger partial charge in [0.05, 0.1) is 6.54 Å². The fourth-order valence-corrected chi connectivity index (χ4v) is 4.23. The van der Waals surface area contributed by atoms with Crippen LogP contribution in [0, 0.1) is 5.82 Å². The van der Waals surface area contributed by atoms with E-state index >= 15 is 0 Å². The van der Waals surface area contributed by atoms with Crippen LogP contribution in [0.4, 0.5) is 9.18 Å². The number of sulfonamides is 1. The smallest absolute Gasteiger partial charge is 0.321 e. The Morgan fingerprint density at radius 1 is 1.12 bits per heavy atom. The standard InChI is InChI=1S/C16H21FN4O4S/c17-13-3-1-2-4-14(13)26(24,25)21-9-7-20(8-10-21)11-15(22)19-16(23)18-12-5-6-12/h1-4,12H,5-11H2,(H2,18,19,22,23). The number of piperazine rings is 1. The van der Waals surface area contributed by atoms with Crippen LogP contribution in [0.5, 0.6) is 0 Å². The van der Waals surface area contributed by atoms with E-state index in [9.17, 15) is 22.4 Å². The third-order valence-corrected chi connectivity index (χ3v) is 6.25. The highest BCUT2D eigenvalue weighted by Crippen LogP contribution is 2.20. The Kier molecular flexibility index (Phi) is 5.54. The second-order valence-corrected chi connectivity index (χ2v) is 8.31. The van der Waals surface area contributed by atoms with Crippen LogP contribution in [0.25, 0.3) is 0 Å². The summed E-state index contributed by atoms with van der Waals surface area (Å²) in [7, 11) is -3.90. The van der Waals surface area contributed by atoms with Crippen molar-refractivity contribution in [2.75, 3.05) is 32.7 Å². The number of amides is 3. The molecule has 1 aliphatic carbocycles. The molecule has 3 rings (SSSR count). The fraction of sp³-hybridized carbons (Fsp3) is 0.500. The van der Waals surface area contributed by atoms with Crippen molar-refractivity contribution in [3.8, 4) is 0 Å². The number of carbonyl (C=O) groups excluding carboxylic acids is 2. The van der Waals surface area contributed by atoms with Crippen LogP contribution in [-0.4, -0.2) is 68.3 Å². The molecule has 3 amide bonds. The molecule has 1 saturated carbocycles. The maximum Gasteiger partial charge on any atom is 0.321 e. The molecule has 0 atom stereocenters. The van der Waals surface area contributed by atoms with E-state index in [1.54, 1.807) is 4.90 Å². The minimum Gasteiger partial charge on any atom is -0.335 e. The third kappa shape index (κ3) is 4.57. The van der Waals surface area contributed by atoms with Gasteiger partial charge in [-0.3, -0.25) is 15.0 Å². The highest BCUT2D eigenvalue weighted by Gasteiger charge is 2.31. The summed E-state index contributed by atoms with van der Waals surface area (Å²) in [5.74, 6) is -1.22. The Balaban J connectivity index is 1.50. The molecule has 0 spiro atoms. The molecule has 1 aromatic rings. The van der Waals surface area contributed by atoms with E-state index in [0.29, 0.717) is 13.1 Å². The Morgan fingerprint density at radius 3 is 2.38 bits per heavy atom. The summed E-state index contributed by atoms with van der Waals surface area (Å²) in [6, 6.07) is 4.92. The average molecular weight is 384 g/mol. The van der Waals surface area contributed by atoms with Gasteiger partial charge >= 0.3 is 6.03 Å². The highest BCUT2D eigenvalue weighted by molar-refractivity contribution is 7.89. The van der Waals surface area contributed by atoms with Gasteiger partial charge < -0.3 is 5.32 Å². The van der Waals surface area contributed by atoms with Crippen LogP contribution in [0.1, 0.15) is 12.8 Å². The molecule has 10 heteroatoms. The number of imide groups is 1. The van der Waals surface area contributed by atoms with Crippen LogP contribution in [0.2, 0.25) is 0 Å². The number of carbonyl (C=O) groups is 2. The number of urea groups is 1. The summed E-state index contributed by atoms with van der Waals surface area (Å²) in [5.41, 5.74) is 0. The van der Waals surface area contributed by atoms with Crippen LogP contribution in [0.15, 0.2) is 29.2 Å². The van der Waals surface area contributed by atoms with Crippen LogP contribution < -0.4 is 10.6 Å². The maximum absolute atomic E-state index is 13.8. The number of benzene rings is 1. The van der Waals surface area contributed by atoms with Gasteiger partial charge in [0.2, 0.25) is 15.9 Å². The summed E-state index contributed by atoms with van der Waals surface area (Å²) in [5, 5.41) is 4.92. The van der Waals surface area contributed by atoms with Crippen molar-refractivity contribution in [2.45, 2.75) is 23.8 Å². The topological polar surface area (TPSA) is 98.8 Å². The van der Waals surface area contributed by atoms with Crippen molar-refractivity contribution in [3.05, 3.63) is 30.1 Å². The van der Waals surface area contributed by atoms with Crippen molar-refractivity contribution in [1.82, 2.24) is 19.8 Å². The van der Waals surface area contributed by atoms with Gasteiger partial charge in [0, 0.05) is 32.2 Å². The molecular weight excluding hydrogens is 363 g/mol. The Morgan fingerprint density at radius 2 is 1.77 bits per heavy atom. The number of halogens is 1. The van der Waals surface area contributed by atoms with Crippen LogP contribution in [0.3, 0.4) is 0 Å². The summed E-state index contributed by atoms with van der Waals surface area (Å²) < 4.78 is 40.1. The summed E-state index contributed by atoms with van der Waals surface area (Å²) in [6.45, 7) is 0.957. The first-order valence-electron chi connectivity index (χ1n) is 8.43. The summed E-state index contributed by atoms with van der Waals surface area (Å²) >= 11 is 0. The van der Waals surface area contributed by atoms with E-state index in [1.165, 1.54) is 22.5 Å². The zero-order valence-electron chi connectivity index (χ0n) is 14.2. The lowest BCUT2D eigenvalue weighted by atomic mass is 10.3. The molecule has 2 aliphatic rings. The SMILES string of the molecule is O=C(CN1CCN(S(=O)(=O)c2ccccc2F)CC1)NC(=O)NC1CC1. The lowest BCUT2D eigenvalue weighted by Crippen LogP contribution is -2.52. The highest BCUT2D eigenvalue weighted by atomic mass is 32.2. The van der Waals surface area contributed by atoms with Crippen molar-refractivity contribution in [1.29, 1.82) is 0 Å². The molecule has 8 nitrogen and oxygen atoms in total. The predicted molar refractivity (Wildman–Crippen MR) is 91.3 cm³/mol. The Labute approximate surface area is 151 Å². The number of hydrogen-bond acceptors (Lipinski definition) is 5. The lowest BCUT2D eigenvalue weighted by molar-refractivity contribution is -0.121. The molecule has 2 fully saturated rings. The largest absolute Gasteiger partial charge is 0.335 e. The van der Waals surface area contributed by atoms with Crippen LogP contribution in [-0.2, 0) is 14.8 Å². The second-order valence-electron chi connectivity index (χ2n) is 6.41. The van der Waals surface area contributed by atoms with Gasteiger partial charge in [0.15, 0.2) is 0 Å². The van der Waals surface area contributed by atoms with Gasteiger partial charge in [0.1, 0.15) is 10.7 Å².